The Morgan fingerprint density at radius 2 is 2.06 bits per heavy atom. The lowest BCUT2D eigenvalue weighted by atomic mass is 10.2. The zero-order chi connectivity index (χ0) is 23.4. The summed E-state index contributed by atoms with van der Waals surface area (Å²) in [5, 5.41) is 11.5. The predicted molar refractivity (Wildman–Crippen MR) is 128 cm³/mol. The molecule has 0 atom stereocenters. The Bertz CT molecular complexity index is 1350. The topological polar surface area (TPSA) is 98.5 Å². The van der Waals surface area contributed by atoms with Crippen LogP contribution in [0.2, 0.25) is 0 Å². The number of anilines is 1. The Hall–Kier alpha value is -4.11. The van der Waals surface area contributed by atoms with Gasteiger partial charge in [-0.25, -0.2) is 4.98 Å². The van der Waals surface area contributed by atoms with Crippen molar-refractivity contribution in [1.82, 2.24) is 9.97 Å². The minimum atomic E-state index is -0.469. The second kappa shape index (κ2) is 9.58. The summed E-state index contributed by atoms with van der Waals surface area (Å²) in [6.45, 7) is 2.21. The van der Waals surface area contributed by atoms with Gasteiger partial charge in [-0.1, -0.05) is 35.6 Å². The highest BCUT2D eigenvalue weighted by Gasteiger charge is 2.21. The van der Waals surface area contributed by atoms with Gasteiger partial charge in [0.15, 0.2) is 5.13 Å². The number of nitro benzene ring substituents is 1. The zero-order valence-electron chi connectivity index (χ0n) is 18.0. The Labute approximate surface area is 193 Å². The molecular formula is C24H20N4O4S. The van der Waals surface area contributed by atoms with Crippen LogP contribution in [-0.2, 0) is 11.3 Å². The molecule has 2 heterocycles. The standard InChI is InChI=1S/C24H20N4O4S/c1-16-9-11-20(32-2)22-23(16)33-24(26-22)27(15-18-7-3-4-13-25-18)21(29)12-10-17-6-5-8-19(14-17)28(30)31/h3-14H,15H2,1-2H3. The van der Waals surface area contributed by atoms with Crippen molar-refractivity contribution >= 4 is 44.4 Å². The van der Waals surface area contributed by atoms with Crippen LogP contribution in [0.25, 0.3) is 16.3 Å². The lowest BCUT2D eigenvalue weighted by molar-refractivity contribution is -0.384. The summed E-state index contributed by atoms with van der Waals surface area (Å²) in [5.41, 5.74) is 2.95. The smallest absolute Gasteiger partial charge is 0.270 e. The molecule has 2 aromatic carbocycles. The fourth-order valence-electron chi connectivity index (χ4n) is 3.27. The second-order valence-electron chi connectivity index (χ2n) is 7.19. The molecule has 0 radical (unpaired) electrons. The normalized spacial score (nSPS) is 11.1. The molecule has 0 N–H and O–H groups in total. The Kier molecular flexibility index (Phi) is 6.41. The van der Waals surface area contributed by atoms with Crippen molar-refractivity contribution < 1.29 is 14.5 Å². The van der Waals surface area contributed by atoms with Gasteiger partial charge in [-0.05, 0) is 42.3 Å². The van der Waals surface area contributed by atoms with Crippen LogP contribution in [0.4, 0.5) is 10.8 Å². The summed E-state index contributed by atoms with van der Waals surface area (Å²) < 4.78 is 6.39. The molecular weight excluding hydrogens is 440 g/mol. The van der Waals surface area contributed by atoms with Gasteiger partial charge in [0.25, 0.3) is 11.6 Å². The molecule has 0 bridgehead atoms. The number of methoxy groups -OCH3 is 1. The number of carbonyl (C=O) groups is 1. The quantitative estimate of drug-likeness (QED) is 0.215. The number of carbonyl (C=O) groups excluding carboxylic acids is 1. The fourth-order valence-corrected chi connectivity index (χ4v) is 4.33. The number of ether oxygens (including phenoxy) is 1. The number of nitro groups is 1. The predicted octanol–water partition coefficient (Wildman–Crippen LogP) is 5.16. The average molecular weight is 461 g/mol. The largest absolute Gasteiger partial charge is 0.494 e. The number of aryl methyl sites for hydroxylation is 1. The number of non-ortho nitro benzene ring substituents is 1. The van der Waals surface area contributed by atoms with Crippen LogP contribution in [0.1, 0.15) is 16.8 Å². The molecule has 1 amide bonds. The third-order valence-corrected chi connectivity index (χ3v) is 6.17. The van der Waals surface area contributed by atoms with Crippen molar-refractivity contribution in [3.63, 3.8) is 0 Å². The number of amides is 1. The van der Waals surface area contributed by atoms with E-state index in [9.17, 15) is 14.9 Å². The van der Waals surface area contributed by atoms with Gasteiger partial charge in [-0.2, -0.15) is 0 Å². The Morgan fingerprint density at radius 3 is 2.79 bits per heavy atom. The number of nitrogens with zero attached hydrogens (tertiary/aromatic N) is 4. The lowest BCUT2D eigenvalue weighted by Crippen LogP contribution is -2.29. The summed E-state index contributed by atoms with van der Waals surface area (Å²) in [7, 11) is 1.59. The SMILES string of the molecule is COc1ccc(C)c2sc(N(Cc3ccccn3)C(=O)C=Cc3cccc([N+](=O)[O-])c3)nc12. The monoisotopic (exact) mass is 460 g/mol. The number of thiazole rings is 1. The van der Waals surface area contributed by atoms with E-state index in [-0.39, 0.29) is 18.1 Å². The van der Waals surface area contributed by atoms with Crippen molar-refractivity contribution in [2.75, 3.05) is 12.0 Å². The van der Waals surface area contributed by atoms with E-state index >= 15 is 0 Å². The third-order valence-electron chi connectivity index (χ3n) is 4.95. The first-order valence-corrected chi connectivity index (χ1v) is 10.9. The molecule has 9 heteroatoms. The number of benzene rings is 2. The average Bonchev–Trinajstić information content (AvgIpc) is 3.28. The van der Waals surface area contributed by atoms with Crippen LogP contribution in [0.3, 0.4) is 0 Å². The van der Waals surface area contributed by atoms with Crippen LogP contribution in [0.15, 0.2) is 66.9 Å². The fraction of sp³-hybridized carbons (Fsp3) is 0.125. The number of fused-ring (bicyclic) bond motifs is 1. The molecule has 166 valence electrons. The van der Waals surface area contributed by atoms with Gasteiger partial charge in [-0.3, -0.25) is 24.8 Å². The molecule has 8 nitrogen and oxygen atoms in total. The molecule has 4 aromatic rings. The molecule has 0 fully saturated rings. The number of pyridine rings is 1. The molecule has 0 aliphatic rings. The minimum absolute atomic E-state index is 0.0383. The highest BCUT2D eigenvalue weighted by molar-refractivity contribution is 7.22. The van der Waals surface area contributed by atoms with Gasteiger partial charge in [0.2, 0.25) is 0 Å². The molecule has 0 unspecified atom stereocenters. The van der Waals surface area contributed by atoms with E-state index in [1.54, 1.807) is 36.4 Å². The highest BCUT2D eigenvalue weighted by Crippen LogP contribution is 2.37. The summed E-state index contributed by atoms with van der Waals surface area (Å²) in [6.07, 6.45) is 4.61. The summed E-state index contributed by atoms with van der Waals surface area (Å²) >= 11 is 1.40. The van der Waals surface area contributed by atoms with Crippen molar-refractivity contribution in [2.24, 2.45) is 0 Å². The molecule has 0 saturated heterocycles. The van der Waals surface area contributed by atoms with Crippen LogP contribution < -0.4 is 9.64 Å². The summed E-state index contributed by atoms with van der Waals surface area (Å²) in [5.74, 6) is 0.318. The van der Waals surface area contributed by atoms with E-state index in [2.05, 4.69) is 4.98 Å². The van der Waals surface area contributed by atoms with E-state index in [0.717, 1.165) is 10.3 Å². The number of rotatable bonds is 7. The molecule has 0 aliphatic heterocycles. The zero-order valence-corrected chi connectivity index (χ0v) is 18.8. The Balaban J connectivity index is 1.72. The van der Waals surface area contributed by atoms with Gasteiger partial charge in [-0.15, -0.1) is 0 Å². The number of aromatic nitrogens is 2. The van der Waals surface area contributed by atoms with Crippen molar-refractivity contribution in [2.45, 2.75) is 13.5 Å². The molecule has 4 rings (SSSR count). The summed E-state index contributed by atoms with van der Waals surface area (Å²) in [4.78, 5) is 34.4. The highest BCUT2D eigenvalue weighted by atomic mass is 32.1. The minimum Gasteiger partial charge on any atom is -0.494 e. The van der Waals surface area contributed by atoms with Gasteiger partial charge >= 0.3 is 0 Å². The summed E-state index contributed by atoms with van der Waals surface area (Å²) in [6, 6.07) is 15.4. The third kappa shape index (κ3) is 4.88. The maximum atomic E-state index is 13.3. The van der Waals surface area contributed by atoms with Crippen molar-refractivity contribution in [3.8, 4) is 5.75 Å². The van der Waals surface area contributed by atoms with Crippen LogP contribution in [-0.4, -0.2) is 27.9 Å². The van der Waals surface area contributed by atoms with Gasteiger partial charge < -0.3 is 4.74 Å². The number of hydrogen-bond acceptors (Lipinski definition) is 7. The van der Waals surface area contributed by atoms with Gasteiger partial charge in [0.1, 0.15) is 11.3 Å². The van der Waals surface area contributed by atoms with E-state index in [1.807, 2.05) is 37.3 Å². The number of hydrogen-bond donors (Lipinski definition) is 0. The van der Waals surface area contributed by atoms with Crippen molar-refractivity contribution in [1.29, 1.82) is 0 Å². The van der Waals surface area contributed by atoms with E-state index in [1.165, 1.54) is 29.5 Å². The van der Waals surface area contributed by atoms with Crippen LogP contribution in [0, 0.1) is 17.0 Å². The molecule has 2 aromatic heterocycles. The second-order valence-corrected chi connectivity index (χ2v) is 8.17. The molecule has 0 aliphatic carbocycles. The van der Waals surface area contributed by atoms with E-state index < -0.39 is 4.92 Å². The molecule has 33 heavy (non-hydrogen) atoms. The first kappa shape index (κ1) is 22.1. The van der Waals surface area contributed by atoms with Gasteiger partial charge in [0, 0.05) is 24.4 Å². The maximum absolute atomic E-state index is 13.3. The lowest BCUT2D eigenvalue weighted by Gasteiger charge is -2.17. The van der Waals surface area contributed by atoms with E-state index in [0.29, 0.717) is 27.7 Å². The first-order chi connectivity index (χ1) is 16.0. The van der Waals surface area contributed by atoms with Crippen molar-refractivity contribution in [3.05, 3.63) is 93.8 Å². The van der Waals surface area contributed by atoms with E-state index in [4.69, 9.17) is 9.72 Å². The van der Waals surface area contributed by atoms with Crippen LogP contribution >= 0.6 is 11.3 Å². The maximum Gasteiger partial charge on any atom is 0.270 e. The Morgan fingerprint density at radius 1 is 1.21 bits per heavy atom. The molecule has 0 spiro atoms. The van der Waals surface area contributed by atoms with Gasteiger partial charge in [0.05, 0.1) is 29.0 Å². The van der Waals surface area contributed by atoms with Crippen LogP contribution in [0.5, 0.6) is 5.75 Å². The first-order valence-electron chi connectivity index (χ1n) is 10.0. The molecule has 0 saturated carbocycles.